The van der Waals surface area contributed by atoms with E-state index in [0.717, 1.165) is 28.1 Å². The van der Waals surface area contributed by atoms with Crippen molar-refractivity contribution in [3.8, 4) is 0 Å². The van der Waals surface area contributed by atoms with E-state index in [1.165, 1.54) is 4.90 Å². The number of sulfonamides is 1. The standard InChI is InChI=1S/C25H34ClN3O4S/c1-6-19(4)27-25(31)22(7-2)28(16-20-12-14-21(26)15-13-20)24(30)17-29(34(5,32)33)23-11-9-8-10-18(23)3/h8-15,19,22H,6-7,16-17H2,1-5H3,(H,27,31)/t19-,22+/m1/s1. The molecule has 0 spiro atoms. The average molecular weight is 508 g/mol. The quantitative estimate of drug-likeness (QED) is 0.495. The molecule has 7 nitrogen and oxygen atoms in total. The van der Waals surface area contributed by atoms with Gasteiger partial charge in [0.15, 0.2) is 0 Å². The van der Waals surface area contributed by atoms with Crippen molar-refractivity contribution in [1.82, 2.24) is 10.2 Å². The summed E-state index contributed by atoms with van der Waals surface area (Å²) in [6.07, 6.45) is 2.20. The van der Waals surface area contributed by atoms with Gasteiger partial charge in [-0.25, -0.2) is 8.42 Å². The van der Waals surface area contributed by atoms with Crippen molar-refractivity contribution in [2.45, 2.75) is 59.2 Å². The molecular formula is C25H34ClN3O4S. The van der Waals surface area contributed by atoms with Gasteiger partial charge in [0, 0.05) is 17.6 Å². The summed E-state index contributed by atoms with van der Waals surface area (Å²) in [5.74, 6) is -0.726. The molecule has 34 heavy (non-hydrogen) atoms. The molecule has 0 bridgehead atoms. The Hall–Kier alpha value is -2.58. The third-order valence-electron chi connectivity index (χ3n) is 5.72. The lowest BCUT2D eigenvalue weighted by Gasteiger charge is -2.33. The van der Waals surface area contributed by atoms with Crippen molar-refractivity contribution in [1.29, 1.82) is 0 Å². The van der Waals surface area contributed by atoms with Crippen molar-refractivity contribution in [2.75, 3.05) is 17.1 Å². The van der Waals surface area contributed by atoms with Crippen LogP contribution in [0.15, 0.2) is 48.5 Å². The Balaban J connectivity index is 2.44. The first-order valence-electron chi connectivity index (χ1n) is 11.4. The molecule has 9 heteroatoms. The molecule has 0 unspecified atom stereocenters. The van der Waals surface area contributed by atoms with Crippen molar-refractivity contribution in [3.05, 3.63) is 64.7 Å². The van der Waals surface area contributed by atoms with Crippen LogP contribution in [0.2, 0.25) is 5.02 Å². The second-order valence-corrected chi connectivity index (χ2v) is 10.8. The van der Waals surface area contributed by atoms with Crippen LogP contribution in [-0.2, 0) is 26.2 Å². The minimum Gasteiger partial charge on any atom is -0.352 e. The SMILES string of the molecule is CC[C@@H](C)NC(=O)[C@H](CC)N(Cc1ccc(Cl)cc1)C(=O)CN(c1ccccc1C)S(C)(=O)=O. The van der Waals surface area contributed by atoms with Crippen molar-refractivity contribution in [2.24, 2.45) is 0 Å². The zero-order valence-corrected chi connectivity index (χ0v) is 22.0. The van der Waals surface area contributed by atoms with Gasteiger partial charge in [-0.05, 0) is 56.0 Å². The fourth-order valence-corrected chi connectivity index (χ4v) is 4.62. The van der Waals surface area contributed by atoms with E-state index in [4.69, 9.17) is 11.6 Å². The normalized spacial score (nSPS) is 13.1. The molecule has 0 aliphatic rings. The summed E-state index contributed by atoms with van der Waals surface area (Å²) in [5.41, 5.74) is 1.95. The molecule has 2 amide bonds. The molecule has 1 N–H and O–H groups in total. The molecule has 0 aliphatic heterocycles. The fraction of sp³-hybridized carbons (Fsp3) is 0.440. The zero-order valence-electron chi connectivity index (χ0n) is 20.4. The lowest BCUT2D eigenvalue weighted by molar-refractivity contribution is -0.140. The molecule has 2 aromatic carbocycles. The summed E-state index contributed by atoms with van der Waals surface area (Å²) in [4.78, 5) is 28.2. The first-order valence-corrected chi connectivity index (χ1v) is 13.6. The second kappa shape index (κ2) is 12.2. The van der Waals surface area contributed by atoms with Crippen LogP contribution in [0, 0.1) is 6.92 Å². The van der Waals surface area contributed by atoms with Crippen molar-refractivity contribution in [3.63, 3.8) is 0 Å². The lowest BCUT2D eigenvalue weighted by Crippen LogP contribution is -2.53. The summed E-state index contributed by atoms with van der Waals surface area (Å²) in [5, 5.41) is 3.51. The van der Waals surface area contributed by atoms with E-state index in [0.29, 0.717) is 17.1 Å². The van der Waals surface area contributed by atoms with E-state index in [1.54, 1.807) is 55.5 Å². The minimum atomic E-state index is -3.76. The number of nitrogens with zero attached hydrogens (tertiary/aromatic N) is 2. The summed E-state index contributed by atoms with van der Waals surface area (Å²) in [7, 11) is -3.76. The van der Waals surface area contributed by atoms with Gasteiger partial charge >= 0.3 is 0 Å². The van der Waals surface area contributed by atoms with Gasteiger partial charge < -0.3 is 10.2 Å². The van der Waals surface area contributed by atoms with Gasteiger partial charge in [-0.15, -0.1) is 0 Å². The van der Waals surface area contributed by atoms with Crippen LogP contribution in [0.4, 0.5) is 5.69 Å². The number of hydrogen-bond donors (Lipinski definition) is 1. The van der Waals surface area contributed by atoms with Crippen LogP contribution < -0.4 is 9.62 Å². The maximum Gasteiger partial charge on any atom is 0.244 e. The Labute approximate surface area is 208 Å². The zero-order chi connectivity index (χ0) is 25.5. The molecule has 2 aromatic rings. The number of halogens is 1. The number of rotatable bonds is 11. The number of hydrogen-bond acceptors (Lipinski definition) is 4. The predicted octanol–water partition coefficient (Wildman–Crippen LogP) is 4.14. The molecule has 0 saturated heterocycles. The Morgan fingerprint density at radius 2 is 1.65 bits per heavy atom. The molecule has 2 atom stereocenters. The van der Waals surface area contributed by atoms with Gasteiger partial charge in [-0.2, -0.15) is 0 Å². The molecule has 0 aromatic heterocycles. The molecule has 2 rings (SSSR count). The monoisotopic (exact) mass is 507 g/mol. The highest BCUT2D eigenvalue weighted by Gasteiger charge is 2.32. The number of aryl methyl sites for hydroxylation is 1. The molecule has 0 saturated carbocycles. The number of benzene rings is 2. The van der Waals surface area contributed by atoms with E-state index in [9.17, 15) is 18.0 Å². The Morgan fingerprint density at radius 3 is 2.18 bits per heavy atom. The van der Waals surface area contributed by atoms with Crippen LogP contribution in [0.3, 0.4) is 0 Å². The first kappa shape index (κ1) is 27.7. The van der Waals surface area contributed by atoms with Gasteiger partial charge in [-0.3, -0.25) is 13.9 Å². The third-order valence-corrected chi connectivity index (χ3v) is 7.09. The Morgan fingerprint density at radius 1 is 1.03 bits per heavy atom. The third kappa shape index (κ3) is 7.46. The number of carbonyl (C=O) groups is 2. The minimum absolute atomic E-state index is 0.0477. The highest BCUT2D eigenvalue weighted by atomic mass is 35.5. The lowest BCUT2D eigenvalue weighted by atomic mass is 10.1. The Kier molecular flexibility index (Phi) is 9.94. The molecule has 186 valence electrons. The number of nitrogens with one attached hydrogen (secondary N) is 1. The average Bonchev–Trinajstić information content (AvgIpc) is 2.78. The fourth-order valence-electron chi connectivity index (χ4n) is 3.59. The second-order valence-electron chi connectivity index (χ2n) is 8.45. The highest BCUT2D eigenvalue weighted by molar-refractivity contribution is 7.92. The molecule has 0 aliphatic carbocycles. The van der Waals surface area contributed by atoms with Gasteiger partial charge in [0.25, 0.3) is 0 Å². The number of para-hydroxylation sites is 1. The van der Waals surface area contributed by atoms with Crippen molar-refractivity contribution < 1.29 is 18.0 Å². The maximum absolute atomic E-state index is 13.6. The highest BCUT2D eigenvalue weighted by Crippen LogP contribution is 2.23. The maximum atomic E-state index is 13.6. The van der Waals surface area contributed by atoms with Gasteiger partial charge in [0.1, 0.15) is 12.6 Å². The van der Waals surface area contributed by atoms with E-state index in [1.807, 2.05) is 20.8 Å². The largest absolute Gasteiger partial charge is 0.352 e. The summed E-state index contributed by atoms with van der Waals surface area (Å²) in [6.45, 7) is 7.23. The van der Waals surface area contributed by atoms with Crippen LogP contribution >= 0.6 is 11.6 Å². The predicted molar refractivity (Wildman–Crippen MR) is 137 cm³/mol. The van der Waals surface area contributed by atoms with Gasteiger partial charge in [-0.1, -0.05) is 55.8 Å². The summed E-state index contributed by atoms with van der Waals surface area (Å²) >= 11 is 6.01. The van der Waals surface area contributed by atoms with Gasteiger partial charge in [0.2, 0.25) is 21.8 Å². The number of anilines is 1. The molecule has 0 radical (unpaired) electrons. The number of amides is 2. The first-order chi connectivity index (χ1) is 16.0. The summed E-state index contributed by atoms with van der Waals surface area (Å²) < 4.78 is 26.4. The topological polar surface area (TPSA) is 86.8 Å². The number of carbonyl (C=O) groups excluding carboxylic acids is 2. The van der Waals surface area contributed by atoms with Crippen LogP contribution in [0.25, 0.3) is 0 Å². The van der Waals surface area contributed by atoms with Crippen molar-refractivity contribution >= 4 is 39.1 Å². The van der Waals surface area contributed by atoms with Crippen LogP contribution in [0.5, 0.6) is 0 Å². The van der Waals surface area contributed by atoms with E-state index in [2.05, 4.69) is 5.32 Å². The van der Waals surface area contributed by atoms with E-state index in [-0.39, 0.29) is 18.5 Å². The van der Waals surface area contributed by atoms with E-state index < -0.39 is 28.5 Å². The van der Waals surface area contributed by atoms with E-state index >= 15 is 0 Å². The Bertz CT molecular complexity index is 1090. The van der Waals surface area contributed by atoms with Gasteiger partial charge in [0.05, 0.1) is 11.9 Å². The van der Waals surface area contributed by atoms with Crippen LogP contribution in [-0.4, -0.2) is 50.0 Å². The molecule has 0 heterocycles. The van der Waals surface area contributed by atoms with Crippen LogP contribution in [0.1, 0.15) is 44.7 Å². The molecule has 0 fully saturated rings. The molecular weight excluding hydrogens is 474 g/mol. The summed E-state index contributed by atoms with van der Waals surface area (Å²) in [6, 6.07) is 13.2. The smallest absolute Gasteiger partial charge is 0.244 e.